The van der Waals surface area contributed by atoms with Crippen molar-refractivity contribution >= 4 is 71.4 Å². The Morgan fingerprint density at radius 3 is 0.944 bits per heavy atom. The van der Waals surface area contributed by atoms with Crippen LogP contribution in [0.25, 0.3) is 0 Å². The molecule has 0 amide bonds. The van der Waals surface area contributed by atoms with E-state index in [0.29, 0.717) is 25.9 Å². The van der Waals surface area contributed by atoms with Crippen LogP contribution in [-0.4, -0.2) is 50.8 Å². The number of carbonyl (C=O) groups excluding carboxylic acids is 4. The van der Waals surface area contributed by atoms with Gasteiger partial charge in [-0.25, -0.2) is 0 Å². The fourth-order valence-corrected chi connectivity index (χ4v) is 12.2. The minimum atomic E-state index is -0.350. The normalized spacial score (nSPS) is 13.3. The molecule has 4 aliphatic heterocycles. The van der Waals surface area contributed by atoms with Crippen molar-refractivity contribution in [3.63, 3.8) is 0 Å². The van der Waals surface area contributed by atoms with E-state index in [9.17, 15) is 19.2 Å². The van der Waals surface area contributed by atoms with Crippen LogP contribution in [0.5, 0.6) is 0 Å². The first-order valence-corrected chi connectivity index (χ1v) is 29.6. The van der Waals surface area contributed by atoms with Crippen LogP contribution in [0, 0.1) is 74.9 Å². The Labute approximate surface area is 610 Å². The maximum atomic E-state index is 10.8. The standard InChI is InChI=1S/2C18H19NO2.2C18H18NO2.C2H6.CH3.3Y/c4*1-12-8-9-16-10-15-6-4-5-7-17(15)19(14(3)21-11-20)18(16)13(12)2;1-2;;;;/h2*4-9,11,14H,10H2,1-3H3;5-9,11,14H,10H2,1-3H3;4,6-9,11,14H,10H2,1-3H3;1-2H3;1H3;;;/q;;2*-1;;-1;;;. The van der Waals surface area contributed by atoms with Crippen LogP contribution in [0.15, 0.2) is 133 Å². The van der Waals surface area contributed by atoms with Crippen molar-refractivity contribution in [3.8, 4) is 0 Å². The van der Waals surface area contributed by atoms with E-state index in [1.807, 2.05) is 96.1 Å². The molecule has 0 spiro atoms. The summed E-state index contributed by atoms with van der Waals surface area (Å²) >= 11 is 0. The van der Waals surface area contributed by atoms with Gasteiger partial charge in [0.05, 0.1) is 11.4 Å². The van der Waals surface area contributed by atoms with E-state index in [0.717, 1.165) is 59.8 Å². The number of hydrogen-bond donors (Lipinski definition) is 0. The monoisotopic (exact) mass is 1430 g/mol. The van der Waals surface area contributed by atoms with Crippen LogP contribution in [0.1, 0.15) is 131 Å². The maximum absolute atomic E-state index is 10.8. The van der Waals surface area contributed by atoms with Gasteiger partial charge in [0, 0.05) is 134 Å². The van der Waals surface area contributed by atoms with Crippen molar-refractivity contribution in [1.82, 2.24) is 0 Å². The molecule has 8 aromatic rings. The van der Waals surface area contributed by atoms with Crippen LogP contribution >= 0.6 is 0 Å². The third kappa shape index (κ3) is 16.3. The van der Waals surface area contributed by atoms with Gasteiger partial charge in [-0.3, -0.25) is 19.2 Å². The molecule has 4 aliphatic rings. The van der Waals surface area contributed by atoms with Crippen LogP contribution < -0.4 is 19.6 Å². The number of nitrogens with zero attached hydrogens (tertiary/aromatic N) is 4. The first-order chi connectivity index (χ1) is 41.5. The van der Waals surface area contributed by atoms with Crippen molar-refractivity contribution in [2.75, 3.05) is 19.6 Å². The molecule has 0 bridgehead atoms. The zero-order chi connectivity index (χ0) is 61.9. The predicted octanol–water partition coefficient (Wildman–Crippen LogP) is 16.5. The molecule has 0 N–H and O–H groups in total. The summed E-state index contributed by atoms with van der Waals surface area (Å²) in [4.78, 5) is 51.6. The molecule has 0 fully saturated rings. The minimum absolute atomic E-state index is 0. The van der Waals surface area contributed by atoms with Crippen molar-refractivity contribution in [2.45, 2.75) is 148 Å². The van der Waals surface area contributed by atoms with Gasteiger partial charge in [0.2, 0.25) is 0 Å². The average molecular weight is 1440 g/mol. The second-order valence-electron chi connectivity index (χ2n) is 21.9. The fourth-order valence-electron chi connectivity index (χ4n) is 12.2. The molecule has 15 heteroatoms. The minimum Gasteiger partial charge on any atom is -0.445 e. The number of aryl methyl sites for hydroxylation is 4. The number of fused-ring (bicyclic) bond motifs is 8. The Morgan fingerprint density at radius 1 is 0.344 bits per heavy atom. The van der Waals surface area contributed by atoms with Crippen LogP contribution in [0.2, 0.25) is 0 Å². The summed E-state index contributed by atoms with van der Waals surface area (Å²) in [5, 5.41) is 0. The van der Waals surface area contributed by atoms with E-state index in [2.05, 4.69) is 166 Å². The molecule has 0 aromatic heterocycles. The van der Waals surface area contributed by atoms with Crippen molar-refractivity contribution < 1.29 is 136 Å². The van der Waals surface area contributed by atoms with E-state index < -0.39 is 0 Å². The number of rotatable bonds is 12. The topological polar surface area (TPSA) is 118 Å². The molecule has 12 rings (SSSR count). The van der Waals surface area contributed by atoms with Gasteiger partial charge in [0.15, 0.2) is 24.9 Å². The number of hydrogen-bond acceptors (Lipinski definition) is 12. The summed E-state index contributed by atoms with van der Waals surface area (Å²) < 4.78 is 20.9. The van der Waals surface area contributed by atoms with Crippen LogP contribution in [-0.2, 0) is 162 Å². The van der Waals surface area contributed by atoms with Gasteiger partial charge in [0.25, 0.3) is 25.9 Å². The largest absolute Gasteiger partial charge is 0.445 e. The zero-order valence-corrected chi connectivity index (χ0v) is 63.5. The summed E-state index contributed by atoms with van der Waals surface area (Å²) in [7, 11) is 0. The molecule has 463 valence electrons. The van der Waals surface area contributed by atoms with Gasteiger partial charge in [-0.1, -0.05) is 110 Å². The first-order valence-electron chi connectivity index (χ1n) is 29.6. The number of benzene rings is 8. The van der Waals surface area contributed by atoms with E-state index in [1.165, 1.54) is 100 Å². The SMILES string of the molecule is CC.Cc1ccc2c(c1C)N(C(C)OC=O)c1c[c-]ccc1C2.Cc1ccc2c(c1C)N(C(C)OC=O)c1cc[c-]cc1C2.Cc1ccc2c(c1C)N(C(C)OC=O)c1ccccc1C2.Cc1ccc2c(c1C)N(C(C)OC=O)c1ccccc1C2.[CH3-].[Y].[Y].[Y]. The number of carbonyl (C=O) groups is 4. The number of anilines is 8. The third-order valence-corrected chi connectivity index (χ3v) is 17.0. The van der Waals surface area contributed by atoms with Crippen molar-refractivity contribution in [1.29, 1.82) is 0 Å². The summed E-state index contributed by atoms with van der Waals surface area (Å²) in [6.07, 6.45) is 2.25. The molecule has 4 heterocycles. The van der Waals surface area contributed by atoms with Crippen LogP contribution in [0.4, 0.5) is 45.5 Å². The molecule has 0 aliphatic carbocycles. The summed E-state index contributed by atoms with van der Waals surface area (Å²) in [6.45, 7) is 30.6. The third-order valence-electron chi connectivity index (χ3n) is 17.0. The number of para-hydroxylation sites is 2. The Kier molecular flexibility index (Phi) is 30.0. The fraction of sp³-hybridized carbons (Fsp3) is 0.293. The van der Waals surface area contributed by atoms with Gasteiger partial charge in [-0.05, 0) is 186 Å². The first kappa shape index (κ1) is 76.6. The van der Waals surface area contributed by atoms with Gasteiger partial charge in [-0.15, -0.1) is 17.2 Å². The second-order valence-corrected chi connectivity index (χ2v) is 21.9. The Balaban J connectivity index is 0.000000250. The molecule has 0 saturated heterocycles. The quantitative estimate of drug-likeness (QED) is 0.0658. The van der Waals surface area contributed by atoms with Gasteiger partial charge >= 0.3 is 0 Å². The van der Waals surface area contributed by atoms with Crippen molar-refractivity contribution in [2.24, 2.45) is 0 Å². The van der Waals surface area contributed by atoms with Gasteiger partial charge in [-0.2, -0.15) is 42.5 Å². The smallest absolute Gasteiger partial charge is 0.295 e. The van der Waals surface area contributed by atoms with E-state index in [1.54, 1.807) is 0 Å². The van der Waals surface area contributed by atoms with Gasteiger partial charge in [0.1, 0.15) is 0 Å². The van der Waals surface area contributed by atoms with Gasteiger partial charge < -0.3 is 46.0 Å². The average Bonchev–Trinajstić information content (AvgIpc) is 1.31. The molecular formula is C75H83N4O8Y3-3. The van der Waals surface area contributed by atoms with E-state index >= 15 is 0 Å². The molecule has 12 nitrogen and oxygen atoms in total. The van der Waals surface area contributed by atoms with Crippen molar-refractivity contribution in [3.05, 3.63) is 242 Å². The molecule has 0 saturated carbocycles. The Hall–Kier alpha value is -5.85. The summed E-state index contributed by atoms with van der Waals surface area (Å²) in [5.41, 5.74) is 29.0. The molecule has 90 heavy (non-hydrogen) atoms. The summed E-state index contributed by atoms with van der Waals surface area (Å²) in [6, 6.07) is 52.0. The van der Waals surface area contributed by atoms with E-state index in [4.69, 9.17) is 18.9 Å². The molecule has 4 unspecified atom stereocenters. The molecule has 4 atom stereocenters. The molecule has 8 aromatic carbocycles. The Bertz CT molecular complexity index is 3280. The second kappa shape index (κ2) is 35.3. The molecule has 3 radical (unpaired) electrons. The summed E-state index contributed by atoms with van der Waals surface area (Å²) in [5.74, 6) is 0. The predicted molar refractivity (Wildman–Crippen MR) is 351 cm³/mol. The maximum Gasteiger partial charge on any atom is 0.295 e. The Morgan fingerprint density at radius 2 is 0.611 bits per heavy atom. The number of ether oxygens (including phenoxy) is 4. The molecular weight excluding hydrogens is 1350 g/mol. The van der Waals surface area contributed by atoms with E-state index in [-0.39, 0.29) is 130 Å². The van der Waals surface area contributed by atoms with Crippen LogP contribution in [0.3, 0.4) is 0 Å². The zero-order valence-electron chi connectivity index (χ0n) is 54.9.